The van der Waals surface area contributed by atoms with Gasteiger partial charge in [-0.2, -0.15) is 5.10 Å². The molecule has 9 nitrogen and oxygen atoms in total. The van der Waals surface area contributed by atoms with Gasteiger partial charge in [-0.1, -0.05) is 6.07 Å². The van der Waals surface area contributed by atoms with E-state index in [0.29, 0.717) is 44.8 Å². The molecule has 0 saturated heterocycles. The highest BCUT2D eigenvalue weighted by molar-refractivity contribution is 7.90. The second-order valence-corrected chi connectivity index (χ2v) is 11.1. The van der Waals surface area contributed by atoms with Gasteiger partial charge in [0.2, 0.25) is 0 Å². The maximum atomic E-state index is 14.5. The van der Waals surface area contributed by atoms with E-state index in [1.807, 2.05) is 24.3 Å². The Morgan fingerprint density at radius 3 is 2.62 bits per heavy atom. The van der Waals surface area contributed by atoms with E-state index < -0.39 is 15.7 Å². The number of nitrogens with zero attached hydrogens (tertiary/aromatic N) is 5. The average Bonchev–Trinajstić information content (AvgIpc) is 3.51. The Hall–Kier alpha value is -4.51. The van der Waals surface area contributed by atoms with Crippen LogP contribution in [0.2, 0.25) is 0 Å². The molecule has 0 amide bonds. The number of H-pyrrole nitrogens is 2. The average molecular weight is 514 g/mol. The van der Waals surface area contributed by atoms with Crippen molar-refractivity contribution in [2.24, 2.45) is 0 Å². The molecule has 0 spiro atoms. The highest BCUT2D eigenvalue weighted by Gasteiger charge is 2.18. The maximum absolute atomic E-state index is 14.5. The summed E-state index contributed by atoms with van der Waals surface area (Å²) in [6, 6.07) is 12.1. The molecule has 0 atom stereocenters. The molecule has 0 aliphatic carbocycles. The molecule has 37 heavy (non-hydrogen) atoms. The molecule has 6 rings (SSSR count). The minimum atomic E-state index is -3.18. The predicted octanol–water partition coefficient (Wildman–Crippen LogP) is 4.35. The van der Waals surface area contributed by atoms with Gasteiger partial charge in [0.1, 0.15) is 21.2 Å². The van der Waals surface area contributed by atoms with E-state index in [1.54, 1.807) is 30.9 Å². The van der Waals surface area contributed by atoms with Crippen LogP contribution < -0.4 is 0 Å². The Morgan fingerprint density at radius 1 is 0.919 bits per heavy atom. The lowest BCUT2D eigenvalue weighted by Crippen LogP contribution is -2.06. The number of aryl methyl sites for hydroxylation is 1. The van der Waals surface area contributed by atoms with E-state index >= 15 is 0 Å². The summed E-state index contributed by atoms with van der Waals surface area (Å²) in [7, 11) is -3.18. The number of sulfone groups is 1. The van der Waals surface area contributed by atoms with Crippen LogP contribution in [0.4, 0.5) is 4.39 Å². The number of imidazole rings is 1. The molecule has 11 heteroatoms. The Kier molecular flexibility index (Phi) is 5.49. The van der Waals surface area contributed by atoms with Gasteiger partial charge >= 0.3 is 0 Å². The van der Waals surface area contributed by atoms with E-state index in [9.17, 15) is 12.8 Å². The largest absolute Gasteiger partial charge is 0.335 e. The minimum Gasteiger partial charge on any atom is -0.335 e. The normalized spacial score (nSPS) is 11.9. The van der Waals surface area contributed by atoms with Crippen molar-refractivity contribution in [1.29, 1.82) is 0 Å². The Morgan fingerprint density at radius 2 is 1.81 bits per heavy atom. The number of pyridine rings is 3. The molecule has 0 saturated carbocycles. The van der Waals surface area contributed by atoms with Crippen LogP contribution in [0.25, 0.3) is 56.0 Å². The molecular formula is C26H20FN7O2S. The monoisotopic (exact) mass is 513 g/mol. The summed E-state index contributed by atoms with van der Waals surface area (Å²) in [6.07, 6.45) is 8.08. The highest BCUT2D eigenvalue weighted by atomic mass is 32.2. The lowest BCUT2D eigenvalue weighted by atomic mass is 10.0. The second-order valence-electron chi connectivity index (χ2n) is 8.80. The molecule has 184 valence electrons. The highest BCUT2D eigenvalue weighted by Crippen LogP contribution is 2.32. The van der Waals surface area contributed by atoms with Crippen LogP contribution in [0.3, 0.4) is 0 Å². The van der Waals surface area contributed by atoms with Gasteiger partial charge in [0.05, 0.1) is 34.2 Å². The standard InChI is InChI=1S/C26H20FN7O2S/c1-37(35,36)8-6-15-9-17(11-18(27)10-15)19-13-29-14-22-23(19)32-26(31-22)25-24-21(33-34-25)5-4-20(30-24)16-3-2-7-28-12-16/h2-5,7,9-14H,6,8H2,1H3,(H,31,32)(H,33,34). The van der Waals surface area contributed by atoms with Crippen LogP contribution in [-0.4, -0.2) is 55.5 Å². The predicted molar refractivity (Wildman–Crippen MR) is 139 cm³/mol. The minimum absolute atomic E-state index is 0.0643. The number of hydrogen-bond donors (Lipinski definition) is 2. The lowest BCUT2D eigenvalue weighted by Gasteiger charge is -2.07. The number of nitrogens with one attached hydrogen (secondary N) is 2. The number of aromatic amines is 2. The fraction of sp³-hybridized carbons (Fsp3) is 0.115. The zero-order valence-electron chi connectivity index (χ0n) is 19.6. The van der Waals surface area contributed by atoms with Crippen molar-refractivity contribution >= 4 is 31.9 Å². The van der Waals surface area contributed by atoms with Gasteiger partial charge in [0, 0.05) is 36.0 Å². The zero-order chi connectivity index (χ0) is 25.6. The molecule has 0 aliphatic rings. The summed E-state index contributed by atoms with van der Waals surface area (Å²) >= 11 is 0. The van der Waals surface area contributed by atoms with E-state index in [2.05, 4.69) is 25.1 Å². The van der Waals surface area contributed by atoms with Crippen LogP contribution in [0.5, 0.6) is 0 Å². The molecule has 0 aliphatic heterocycles. The molecule has 6 aromatic rings. The van der Waals surface area contributed by atoms with Gasteiger partial charge < -0.3 is 4.98 Å². The Labute approximate surface area is 210 Å². The van der Waals surface area contributed by atoms with Gasteiger partial charge in [-0.25, -0.2) is 22.8 Å². The number of rotatable bonds is 6. The molecule has 0 unspecified atom stereocenters. The van der Waals surface area contributed by atoms with Gasteiger partial charge in [0.15, 0.2) is 11.5 Å². The lowest BCUT2D eigenvalue weighted by molar-refractivity contribution is 0.600. The van der Waals surface area contributed by atoms with Crippen LogP contribution in [0.15, 0.2) is 67.3 Å². The van der Waals surface area contributed by atoms with Crippen LogP contribution in [0.1, 0.15) is 5.56 Å². The molecule has 0 radical (unpaired) electrons. The van der Waals surface area contributed by atoms with Crippen molar-refractivity contribution in [1.82, 2.24) is 35.1 Å². The molecule has 0 fully saturated rings. The van der Waals surface area contributed by atoms with Crippen molar-refractivity contribution in [2.45, 2.75) is 6.42 Å². The number of aromatic nitrogens is 7. The first-order valence-corrected chi connectivity index (χ1v) is 13.5. The SMILES string of the molecule is CS(=O)(=O)CCc1cc(F)cc(-c2cncc3[nH]c(-c4n[nH]c5ccc(-c6cccnc6)nc45)nc23)c1. The molecule has 5 aromatic heterocycles. The summed E-state index contributed by atoms with van der Waals surface area (Å²) in [5.74, 6) is -0.0373. The van der Waals surface area contributed by atoms with Gasteiger partial charge in [-0.15, -0.1) is 0 Å². The fourth-order valence-corrected chi connectivity index (χ4v) is 4.86. The second kappa shape index (κ2) is 8.86. The summed E-state index contributed by atoms with van der Waals surface area (Å²) in [4.78, 5) is 21.3. The Bertz CT molecular complexity index is 1880. The van der Waals surface area contributed by atoms with Crippen molar-refractivity contribution in [3.63, 3.8) is 0 Å². The fourth-order valence-electron chi connectivity index (χ4n) is 4.25. The smallest absolute Gasteiger partial charge is 0.161 e. The third kappa shape index (κ3) is 4.56. The molecule has 1 aromatic carbocycles. The van der Waals surface area contributed by atoms with Gasteiger partial charge in [-0.3, -0.25) is 15.1 Å². The summed E-state index contributed by atoms with van der Waals surface area (Å²) < 4.78 is 37.7. The van der Waals surface area contributed by atoms with Crippen LogP contribution >= 0.6 is 0 Å². The van der Waals surface area contributed by atoms with Gasteiger partial charge in [-0.05, 0) is 53.9 Å². The molecular weight excluding hydrogens is 493 g/mol. The maximum Gasteiger partial charge on any atom is 0.161 e. The quantitative estimate of drug-likeness (QED) is 0.339. The van der Waals surface area contributed by atoms with E-state index in [1.165, 1.54) is 12.1 Å². The van der Waals surface area contributed by atoms with Crippen LogP contribution in [0, 0.1) is 5.82 Å². The number of benzene rings is 1. The topological polar surface area (TPSA) is 130 Å². The summed E-state index contributed by atoms with van der Waals surface area (Å²) in [5.41, 5.74) is 6.56. The number of hydrogen-bond acceptors (Lipinski definition) is 7. The molecule has 5 heterocycles. The third-order valence-electron chi connectivity index (χ3n) is 6.01. The number of fused-ring (bicyclic) bond motifs is 2. The van der Waals surface area contributed by atoms with Crippen molar-refractivity contribution in [2.75, 3.05) is 12.0 Å². The summed E-state index contributed by atoms with van der Waals surface area (Å²) in [5, 5.41) is 7.43. The zero-order valence-corrected chi connectivity index (χ0v) is 20.4. The third-order valence-corrected chi connectivity index (χ3v) is 6.96. The van der Waals surface area contributed by atoms with Crippen molar-refractivity contribution in [3.05, 3.63) is 78.6 Å². The molecule has 2 N–H and O–H groups in total. The van der Waals surface area contributed by atoms with E-state index in [4.69, 9.17) is 9.97 Å². The van der Waals surface area contributed by atoms with Crippen molar-refractivity contribution in [3.8, 4) is 33.9 Å². The van der Waals surface area contributed by atoms with Gasteiger partial charge in [0.25, 0.3) is 0 Å². The summed E-state index contributed by atoms with van der Waals surface area (Å²) in [6.45, 7) is 0. The first-order valence-electron chi connectivity index (χ1n) is 11.4. The van der Waals surface area contributed by atoms with Crippen LogP contribution in [-0.2, 0) is 16.3 Å². The first-order chi connectivity index (χ1) is 17.8. The van der Waals surface area contributed by atoms with Crippen molar-refractivity contribution < 1.29 is 12.8 Å². The van der Waals surface area contributed by atoms with E-state index in [0.717, 1.165) is 23.0 Å². The first kappa shape index (κ1) is 22.9. The number of halogens is 1. The van der Waals surface area contributed by atoms with E-state index in [-0.39, 0.29) is 12.2 Å². The Balaban J connectivity index is 1.44. The molecule has 0 bridgehead atoms.